The highest BCUT2D eigenvalue weighted by Gasteiger charge is 2.15. The Morgan fingerprint density at radius 2 is 2.14 bits per heavy atom. The average Bonchev–Trinajstić information content (AvgIpc) is 3.12. The predicted molar refractivity (Wildman–Crippen MR) is 82.4 cm³/mol. The molecule has 2 heterocycles. The van der Waals surface area contributed by atoms with Crippen LogP contribution in [0, 0.1) is 0 Å². The number of hydrogen-bond donors (Lipinski definition) is 1. The van der Waals surface area contributed by atoms with E-state index in [9.17, 15) is 4.79 Å². The fraction of sp³-hybridized carbons (Fsp3) is 0.333. The molecule has 0 atom stereocenters. The number of hydrogen-bond acceptors (Lipinski definition) is 4. The number of carbonyl (C=O) groups excluding carboxylic acids is 1. The van der Waals surface area contributed by atoms with E-state index in [0.29, 0.717) is 18.7 Å². The van der Waals surface area contributed by atoms with Crippen LogP contribution in [-0.4, -0.2) is 37.0 Å². The average molecular weight is 298 g/mol. The number of amides is 1. The van der Waals surface area contributed by atoms with Crippen molar-refractivity contribution in [1.29, 1.82) is 0 Å². The molecule has 0 fully saturated rings. The summed E-state index contributed by atoms with van der Waals surface area (Å²) in [6, 6.07) is 7.70. The normalized spacial score (nSPS) is 11.0. The highest BCUT2D eigenvalue weighted by Crippen LogP contribution is 2.17. The smallest absolute Gasteiger partial charge is 0.272 e. The van der Waals surface area contributed by atoms with E-state index in [0.717, 1.165) is 23.3 Å². The van der Waals surface area contributed by atoms with Crippen LogP contribution in [0.1, 0.15) is 23.2 Å². The lowest BCUT2D eigenvalue weighted by atomic mass is 10.2. The molecule has 0 aliphatic heterocycles. The first kappa shape index (κ1) is 14.2. The lowest BCUT2D eigenvalue weighted by molar-refractivity contribution is 0.0949. The third-order valence-corrected chi connectivity index (χ3v) is 3.64. The van der Waals surface area contributed by atoms with Gasteiger partial charge in [-0.15, -0.1) is 10.2 Å². The van der Waals surface area contributed by atoms with Crippen molar-refractivity contribution < 1.29 is 4.79 Å². The van der Waals surface area contributed by atoms with Crippen LogP contribution in [0.25, 0.3) is 10.9 Å². The van der Waals surface area contributed by atoms with Gasteiger partial charge in [0, 0.05) is 31.9 Å². The minimum Gasteiger partial charge on any atom is -0.350 e. The second-order valence-corrected chi connectivity index (χ2v) is 5.03. The second-order valence-electron chi connectivity index (χ2n) is 5.03. The van der Waals surface area contributed by atoms with Gasteiger partial charge in [0.05, 0.1) is 5.52 Å². The Labute approximate surface area is 128 Å². The molecule has 2 aromatic heterocycles. The maximum absolute atomic E-state index is 12.3. The lowest BCUT2D eigenvalue weighted by Crippen LogP contribution is -2.27. The van der Waals surface area contributed by atoms with Gasteiger partial charge in [-0.25, -0.2) is 0 Å². The second kappa shape index (κ2) is 5.97. The number of nitrogens with zero attached hydrogens (tertiary/aromatic N) is 5. The maximum atomic E-state index is 12.3. The number of aromatic nitrogens is 5. The number of fused-ring (bicyclic) bond motifs is 1. The number of aryl methyl sites for hydroxylation is 2. The maximum Gasteiger partial charge on any atom is 0.272 e. The molecule has 3 rings (SSSR count). The largest absolute Gasteiger partial charge is 0.350 e. The van der Waals surface area contributed by atoms with E-state index < -0.39 is 0 Å². The fourth-order valence-electron chi connectivity index (χ4n) is 2.49. The van der Waals surface area contributed by atoms with Crippen molar-refractivity contribution in [2.75, 3.05) is 6.54 Å². The molecule has 0 bridgehead atoms. The van der Waals surface area contributed by atoms with Crippen molar-refractivity contribution in [3.8, 4) is 0 Å². The Bertz CT molecular complexity index is 803. The van der Waals surface area contributed by atoms with Crippen LogP contribution >= 0.6 is 0 Å². The van der Waals surface area contributed by atoms with Crippen molar-refractivity contribution >= 4 is 16.8 Å². The number of rotatable bonds is 5. The van der Waals surface area contributed by atoms with E-state index >= 15 is 0 Å². The zero-order valence-corrected chi connectivity index (χ0v) is 12.7. The van der Waals surface area contributed by atoms with Crippen LogP contribution in [0.3, 0.4) is 0 Å². The summed E-state index contributed by atoms with van der Waals surface area (Å²) >= 11 is 0. The fourth-order valence-corrected chi connectivity index (χ4v) is 2.49. The predicted octanol–water partition coefficient (Wildman–Crippen LogP) is 1.16. The summed E-state index contributed by atoms with van der Waals surface area (Å²) in [6.07, 6.45) is 2.34. The molecule has 7 nitrogen and oxygen atoms in total. The summed E-state index contributed by atoms with van der Waals surface area (Å²) in [5, 5.41) is 16.0. The van der Waals surface area contributed by atoms with E-state index in [1.54, 1.807) is 11.0 Å². The van der Waals surface area contributed by atoms with E-state index in [-0.39, 0.29) is 5.91 Å². The molecule has 1 N–H and O–H groups in total. The highest BCUT2D eigenvalue weighted by molar-refractivity contribution is 6.04. The third-order valence-electron chi connectivity index (χ3n) is 3.64. The zero-order chi connectivity index (χ0) is 15.5. The lowest BCUT2D eigenvalue weighted by Gasteiger charge is -2.04. The monoisotopic (exact) mass is 298 g/mol. The Kier molecular flexibility index (Phi) is 3.86. The number of para-hydroxylation sites is 1. The summed E-state index contributed by atoms with van der Waals surface area (Å²) in [5.41, 5.74) is 1.40. The minimum absolute atomic E-state index is 0.167. The molecular formula is C15H18N6O. The third kappa shape index (κ3) is 2.57. The molecule has 0 aliphatic carbocycles. The standard InChI is InChI=1S/C15H18N6O/c1-3-21-10-17-18-13(21)8-9-16-15(22)14-11-6-4-5-7-12(11)20(2)19-14/h4-7,10H,3,8-9H2,1-2H3,(H,16,22). The Hall–Kier alpha value is -2.70. The van der Waals surface area contributed by atoms with Gasteiger partial charge in [-0.2, -0.15) is 5.10 Å². The Balaban J connectivity index is 1.69. The van der Waals surface area contributed by atoms with Crippen LogP contribution in [-0.2, 0) is 20.0 Å². The SMILES string of the molecule is CCn1cnnc1CCNC(=O)c1nn(C)c2ccccc12. The van der Waals surface area contributed by atoms with Crippen LogP contribution in [0.2, 0.25) is 0 Å². The molecule has 0 saturated heterocycles. The van der Waals surface area contributed by atoms with Gasteiger partial charge in [-0.3, -0.25) is 9.48 Å². The van der Waals surface area contributed by atoms with Crippen molar-refractivity contribution in [2.24, 2.45) is 7.05 Å². The summed E-state index contributed by atoms with van der Waals surface area (Å²) in [6.45, 7) is 3.36. The van der Waals surface area contributed by atoms with Gasteiger partial charge in [-0.05, 0) is 13.0 Å². The van der Waals surface area contributed by atoms with Crippen LogP contribution < -0.4 is 5.32 Å². The molecule has 7 heteroatoms. The van der Waals surface area contributed by atoms with Gasteiger partial charge >= 0.3 is 0 Å². The summed E-state index contributed by atoms with van der Waals surface area (Å²) in [4.78, 5) is 12.3. The molecular weight excluding hydrogens is 280 g/mol. The van der Waals surface area contributed by atoms with Gasteiger partial charge in [0.25, 0.3) is 5.91 Å². The van der Waals surface area contributed by atoms with Crippen LogP contribution in [0.15, 0.2) is 30.6 Å². The van der Waals surface area contributed by atoms with E-state index in [1.165, 1.54) is 0 Å². The molecule has 0 spiro atoms. The van der Waals surface area contributed by atoms with Crippen LogP contribution in [0.4, 0.5) is 0 Å². The minimum atomic E-state index is -0.167. The molecule has 1 aromatic carbocycles. The molecule has 22 heavy (non-hydrogen) atoms. The molecule has 0 aliphatic rings. The molecule has 114 valence electrons. The van der Waals surface area contributed by atoms with E-state index in [1.807, 2.05) is 42.8 Å². The number of nitrogens with one attached hydrogen (secondary N) is 1. The molecule has 0 saturated carbocycles. The van der Waals surface area contributed by atoms with E-state index in [2.05, 4.69) is 20.6 Å². The summed E-state index contributed by atoms with van der Waals surface area (Å²) in [7, 11) is 1.84. The zero-order valence-electron chi connectivity index (χ0n) is 12.7. The Morgan fingerprint density at radius 3 is 2.95 bits per heavy atom. The number of carbonyl (C=O) groups is 1. The van der Waals surface area contributed by atoms with Crippen molar-refractivity contribution in [3.05, 3.63) is 42.1 Å². The van der Waals surface area contributed by atoms with Gasteiger partial charge in [0.1, 0.15) is 12.2 Å². The molecule has 1 amide bonds. The van der Waals surface area contributed by atoms with E-state index in [4.69, 9.17) is 0 Å². The van der Waals surface area contributed by atoms with Crippen molar-refractivity contribution in [2.45, 2.75) is 19.9 Å². The molecule has 0 unspecified atom stereocenters. The molecule has 0 radical (unpaired) electrons. The molecule has 3 aromatic rings. The Morgan fingerprint density at radius 1 is 1.32 bits per heavy atom. The van der Waals surface area contributed by atoms with Crippen molar-refractivity contribution in [3.63, 3.8) is 0 Å². The summed E-state index contributed by atoms with van der Waals surface area (Å²) < 4.78 is 3.68. The first-order valence-electron chi connectivity index (χ1n) is 7.27. The van der Waals surface area contributed by atoms with Gasteiger partial charge in [0.2, 0.25) is 0 Å². The topological polar surface area (TPSA) is 77.6 Å². The number of benzene rings is 1. The first-order chi connectivity index (χ1) is 10.7. The first-order valence-corrected chi connectivity index (χ1v) is 7.27. The highest BCUT2D eigenvalue weighted by atomic mass is 16.1. The van der Waals surface area contributed by atoms with Crippen molar-refractivity contribution in [1.82, 2.24) is 29.9 Å². The quantitative estimate of drug-likeness (QED) is 0.766. The summed E-state index contributed by atoms with van der Waals surface area (Å²) in [5.74, 6) is 0.702. The van der Waals surface area contributed by atoms with Gasteiger partial charge < -0.3 is 9.88 Å². The van der Waals surface area contributed by atoms with Crippen LogP contribution in [0.5, 0.6) is 0 Å². The van der Waals surface area contributed by atoms with Gasteiger partial charge in [-0.1, -0.05) is 18.2 Å². The van der Waals surface area contributed by atoms with Gasteiger partial charge in [0.15, 0.2) is 5.69 Å².